The van der Waals surface area contributed by atoms with Gasteiger partial charge in [-0.2, -0.15) is 4.98 Å². The molecule has 8 heteroatoms. The number of aromatic hydroxyl groups is 1. The standard InChI is InChI=1S/C21H21N3O4S/c1-13-4-3-5-15(10-13)22-18(25)12-29-21-23-19(26)17(20(27)24-21)11-14-6-8-16(28-2)9-7-14/h3-10H,11-12H2,1-2H3,(H,22,25)(H2,23,24,26,27). The van der Waals surface area contributed by atoms with Gasteiger partial charge in [0.05, 0.1) is 18.4 Å². The van der Waals surface area contributed by atoms with Gasteiger partial charge in [0, 0.05) is 12.1 Å². The van der Waals surface area contributed by atoms with Crippen molar-refractivity contribution in [1.82, 2.24) is 9.97 Å². The summed E-state index contributed by atoms with van der Waals surface area (Å²) in [5.74, 6) is 0.186. The van der Waals surface area contributed by atoms with E-state index in [9.17, 15) is 14.7 Å². The number of methoxy groups -OCH3 is 1. The first kappa shape index (κ1) is 20.5. The van der Waals surface area contributed by atoms with Crippen molar-refractivity contribution in [1.29, 1.82) is 0 Å². The third kappa shape index (κ3) is 5.61. The van der Waals surface area contributed by atoms with E-state index in [0.29, 0.717) is 11.4 Å². The second-order valence-electron chi connectivity index (χ2n) is 6.40. The molecule has 1 aromatic heterocycles. The molecule has 0 aliphatic heterocycles. The van der Waals surface area contributed by atoms with Gasteiger partial charge in [-0.3, -0.25) is 9.59 Å². The Labute approximate surface area is 172 Å². The van der Waals surface area contributed by atoms with Gasteiger partial charge in [0.2, 0.25) is 11.8 Å². The number of H-pyrrole nitrogens is 1. The number of hydrogen-bond acceptors (Lipinski definition) is 6. The predicted octanol–water partition coefficient (Wildman–Crippen LogP) is 3.11. The van der Waals surface area contributed by atoms with E-state index in [4.69, 9.17) is 4.74 Å². The van der Waals surface area contributed by atoms with Crippen molar-refractivity contribution in [2.24, 2.45) is 0 Å². The monoisotopic (exact) mass is 411 g/mol. The van der Waals surface area contributed by atoms with Crippen LogP contribution in [-0.4, -0.2) is 33.8 Å². The molecule has 0 aliphatic rings. The number of amides is 1. The molecule has 0 bridgehead atoms. The van der Waals surface area contributed by atoms with Gasteiger partial charge < -0.3 is 20.1 Å². The van der Waals surface area contributed by atoms with E-state index in [1.807, 2.05) is 37.3 Å². The minimum Gasteiger partial charge on any atom is -0.497 e. The zero-order valence-corrected chi connectivity index (χ0v) is 16.9. The summed E-state index contributed by atoms with van der Waals surface area (Å²) < 4.78 is 5.11. The Morgan fingerprint density at radius 3 is 2.66 bits per heavy atom. The van der Waals surface area contributed by atoms with E-state index in [-0.39, 0.29) is 34.7 Å². The number of carbonyl (C=O) groups excluding carboxylic acids is 1. The largest absolute Gasteiger partial charge is 0.497 e. The van der Waals surface area contributed by atoms with Crippen molar-refractivity contribution >= 4 is 23.4 Å². The maximum atomic E-state index is 12.4. The number of aromatic amines is 1. The van der Waals surface area contributed by atoms with Crippen molar-refractivity contribution in [3.05, 3.63) is 75.6 Å². The third-order valence-corrected chi connectivity index (χ3v) is 5.03. The van der Waals surface area contributed by atoms with Crippen molar-refractivity contribution in [2.75, 3.05) is 18.2 Å². The highest BCUT2D eigenvalue weighted by molar-refractivity contribution is 7.99. The Bertz CT molecular complexity index is 1060. The van der Waals surface area contributed by atoms with E-state index in [1.165, 1.54) is 0 Å². The second-order valence-corrected chi connectivity index (χ2v) is 7.37. The molecule has 0 fully saturated rings. The van der Waals surface area contributed by atoms with Crippen molar-refractivity contribution in [3.8, 4) is 11.6 Å². The number of ether oxygens (including phenoxy) is 1. The maximum absolute atomic E-state index is 12.4. The van der Waals surface area contributed by atoms with Gasteiger partial charge in [-0.1, -0.05) is 36.0 Å². The molecule has 1 amide bonds. The van der Waals surface area contributed by atoms with Crippen LogP contribution >= 0.6 is 11.8 Å². The van der Waals surface area contributed by atoms with Crippen LogP contribution in [0.25, 0.3) is 0 Å². The Hall–Kier alpha value is -3.26. The number of thioether (sulfide) groups is 1. The van der Waals surface area contributed by atoms with Gasteiger partial charge in [-0.15, -0.1) is 0 Å². The third-order valence-electron chi connectivity index (χ3n) is 4.15. The number of aromatic nitrogens is 2. The van der Waals surface area contributed by atoms with E-state index in [1.54, 1.807) is 25.3 Å². The predicted molar refractivity (Wildman–Crippen MR) is 113 cm³/mol. The lowest BCUT2D eigenvalue weighted by Gasteiger charge is -2.08. The molecular weight excluding hydrogens is 390 g/mol. The summed E-state index contributed by atoms with van der Waals surface area (Å²) in [5.41, 5.74) is 2.32. The summed E-state index contributed by atoms with van der Waals surface area (Å²) in [4.78, 5) is 31.1. The van der Waals surface area contributed by atoms with Crippen molar-refractivity contribution in [2.45, 2.75) is 18.5 Å². The highest BCUT2D eigenvalue weighted by Crippen LogP contribution is 2.20. The summed E-state index contributed by atoms with van der Waals surface area (Å²) in [6.45, 7) is 1.94. The van der Waals surface area contributed by atoms with Gasteiger partial charge in [-0.25, -0.2) is 0 Å². The minimum absolute atomic E-state index is 0.0498. The Kier molecular flexibility index (Phi) is 6.56. The Balaban J connectivity index is 1.63. The Morgan fingerprint density at radius 2 is 2.00 bits per heavy atom. The lowest BCUT2D eigenvalue weighted by Crippen LogP contribution is -2.17. The fourth-order valence-corrected chi connectivity index (χ4v) is 3.35. The molecule has 0 radical (unpaired) electrons. The van der Waals surface area contributed by atoms with E-state index < -0.39 is 5.56 Å². The van der Waals surface area contributed by atoms with E-state index in [2.05, 4.69) is 15.3 Å². The van der Waals surface area contributed by atoms with Crippen molar-refractivity contribution < 1.29 is 14.6 Å². The number of benzene rings is 2. The number of nitrogens with zero attached hydrogens (tertiary/aromatic N) is 1. The molecule has 150 valence electrons. The molecule has 0 saturated heterocycles. The molecule has 0 spiro atoms. The molecule has 0 aliphatic carbocycles. The molecule has 1 heterocycles. The first-order valence-electron chi connectivity index (χ1n) is 8.89. The van der Waals surface area contributed by atoms with Crippen LogP contribution in [0.2, 0.25) is 0 Å². The first-order chi connectivity index (χ1) is 13.9. The number of rotatable bonds is 7. The normalized spacial score (nSPS) is 10.6. The molecule has 3 aromatic rings. The molecule has 0 atom stereocenters. The summed E-state index contributed by atoms with van der Waals surface area (Å²) in [6, 6.07) is 14.7. The SMILES string of the molecule is COc1ccc(Cc2c(O)nc(SCC(=O)Nc3cccc(C)c3)[nH]c2=O)cc1. The topological polar surface area (TPSA) is 104 Å². The van der Waals surface area contributed by atoms with Crippen LogP contribution in [0.5, 0.6) is 11.6 Å². The zero-order valence-electron chi connectivity index (χ0n) is 16.1. The van der Waals surface area contributed by atoms with Gasteiger partial charge in [0.25, 0.3) is 5.56 Å². The Morgan fingerprint density at radius 1 is 1.24 bits per heavy atom. The number of hydrogen-bond donors (Lipinski definition) is 3. The average Bonchev–Trinajstić information content (AvgIpc) is 2.69. The van der Waals surface area contributed by atoms with Gasteiger partial charge in [0.1, 0.15) is 5.75 Å². The lowest BCUT2D eigenvalue weighted by atomic mass is 10.1. The zero-order chi connectivity index (χ0) is 20.8. The second kappa shape index (κ2) is 9.29. The van der Waals surface area contributed by atoms with E-state index in [0.717, 1.165) is 22.9 Å². The van der Waals surface area contributed by atoms with Crippen LogP contribution < -0.4 is 15.6 Å². The highest BCUT2D eigenvalue weighted by atomic mass is 32.2. The first-order valence-corrected chi connectivity index (χ1v) is 9.87. The molecule has 3 N–H and O–H groups in total. The van der Waals surface area contributed by atoms with Gasteiger partial charge >= 0.3 is 0 Å². The smallest absolute Gasteiger partial charge is 0.258 e. The van der Waals surface area contributed by atoms with Gasteiger partial charge in [-0.05, 0) is 42.3 Å². The summed E-state index contributed by atoms with van der Waals surface area (Å²) in [5, 5.41) is 13.2. The summed E-state index contributed by atoms with van der Waals surface area (Å²) in [6.07, 6.45) is 0.233. The fourth-order valence-electron chi connectivity index (χ4n) is 2.69. The number of anilines is 1. The van der Waals surface area contributed by atoms with Crippen LogP contribution in [0, 0.1) is 6.92 Å². The fraction of sp³-hybridized carbons (Fsp3) is 0.190. The number of carbonyl (C=O) groups is 1. The summed E-state index contributed by atoms with van der Waals surface area (Å²) >= 11 is 1.05. The van der Waals surface area contributed by atoms with Crippen LogP contribution in [0.1, 0.15) is 16.7 Å². The number of aryl methyl sites for hydroxylation is 1. The molecule has 7 nitrogen and oxygen atoms in total. The number of nitrogens with one attached hydrogen (secondary N) is 2. The highest BCUT2D eigenvalue weighted by Gasteiger charge is 2.13. The lowest BCUT2D eigenvalue weighted by molar-refractivity contribution is -0.113. The molecule has 29 heavy (non-hydrogen) atoms. The quantitative estimate of drug-likeness (QED) is 0.408. The summed E-state index contributed by atoms with van der Waals surface area (Å²) in [7, 11) is 1.58. The molecule has 3 rings (SSSR count). The van der Waals surface area contributed by atoms with Crippen LogP contribution in [0.4, 0.5) is 5.69 Å². The molecule has 2 aromatic carbocycles. The minimum atomic E-state index is -0.435. The molecule has 0 unspecified atom stereocenters. The van der Waals surface area contributed by atoms with Crippen LogP contribution in [0.3, 0.4) is 0 Å². The maximum Gasteiger partial charge on any atom is 0.258 e. The average molecular weight is 411 g/mol. The van der Waals surface area contributed by atoms with Crippen LogP contribution in [-0.2, 0) is 11.2 Å². The van der Waals surface area contributed by atoms with Crippen LogP contribution in [0.15, 0.2) is 58.5 Å². The van der Waals surface area contributed by atoms with Gasteiger partial charge in [0.15, 0.2) is 5.16 Å². The van der Waals surface area contributed by atoms with E-state index >= 15 is 0 Å². The molecular formula is C21H21N3O4S. The molecule has 0 saturated carbocycles. The van der Waals surface area contributed by atoms with Crippen molar-refractivity contribution in [3.63, 3.8) is 0 Å².